The van der Waals surface area contributed by atoms with E-state index in [1.54, 1.807) is 0 Å². The van der Waals surface area contributed by atoms with Crippen LogP contribution in [0.4, 0.5) is 5.69 Å². The molecule has 28 heavy (non-hydrogen) atoms. The third kappa shape index (κ3) is 5.17. The van der Waals surface area contributed by atoms with Gasteiger partial charge in [-0.3, -0.25) is 4.79 Å². The standard InChI is InChI=1S/C20H24N2O5S/c1-13(2)17-10-5-7-14(3)19(17)22-18(23)12-27-20(24)15-8-6-9-16(11-15)28(25,26)21-4/h5-11,13,21H,12H2,1-4H3,(H,22,23). The molecule has 0 spiro atoms. The molecule has 2 aromatic rings. The quantitative estimate of drug-likeness (QED) is 0.691. The number of benzene rings is 2. The Balaban J connectivity index is 2.06. The van der Waals surface area contributed by atoms with Crippen molar-refractivity contribution < 1.29 is 22.7 Å². The predicted molar refractivity (Wildman–Crippen MR) is 107 cm³/mol. The lowest BCUT2D eigenvalue weighted by atomic mass is 9.98. The van der Waals surface area contributed by atoms with Crippen LogP contribution in [0.3, 0.4) is 0 Å². The van der Waals surface area contributed by atoms with E-state index >= 15 is 0 Å². The second kappa shape index (κ2) is 8.99. The summed E-state index contributed by atoms with van der Waals surface area (Å²) in [5.41, 5.74) is 2.66. The molecule has 7 nitrogen and oxygen atoms in total. The molecule has 0 aliphatic carbocycles. The van der Waals surface area contributed by atoms with Gasteiger partial charge in [0.05, 0.1) is 10.5 Å². The number of hydrogen-bond donors (Lipinski definition) is 2. The molecule has 0 atom stereocenters. The Labute approximate surface area is 165 Å². The highest BCUT2D eigenvalue weighted by Crippen LogP contribution is 2.27. The minimum Gasteiger partial charge on any atom is -0.452 e. The molecule has 2 N–H and O–H groups in total. The van der Waals surface area contributed by atoms with Crippen LogP contribution in [-0.2, 0) is 19.6 Å². The number of carbonyl (C=O) groups is 2. The molecule has 0 radical (unpaired) electrons. The maximum atomic E-state index is 12.3. The molecule has 0 unspecified atom stereocenters. The molecule has 1 amide bonds. The zero-order valence-corrected chi connectivity index (χ0v) is 17.1. The summed E-state index contributed by atoms with van der Waals surface area (Å²) < 4.78 is 30.9. The molecule has 0 aromatic heterocycles. The minimum absolute atomic E-state index is 0.0443. The van der Waals surface area contributed by atoms with E-state index in [4.69, 9.17) is 4.74 Å². The van der Waals surface area contributed by atoms with Crippen molar-refractivity contribution in [3.63, 3.8) is 0 Å². The number of sulfonamides is 1. The molecular formula is C20H24N2O5S. The number of para-hydroxylation sites is 1. The van der Waals surface area contributed by atoms with Crippen molar-refractivity contribution in [1.29, 1.82) is 0 Å². The highest BCUT2D eigenvalue weighted by atomic mass is 32.2. The fourth-order valence-corrected chi connectivity index (χ4v) is 3.42. The van der Waals surface area contributed by atoms with E-state index in [0.717, 1.165) is 11.1 Å². The molecule has 8 heteroatoms. The first-order valence-electron chi connectivity index (χ1n) is 8.75. The van der Waals surface area contributed by atoms with Gasteiger partial charge in [-0.25, -0.2) is 17.9 Å². The van der Waals surface area contributed by atoms with Gasteiger partial charge in [0.15, 0.2) is 6.61 Å². The third-order valence-corrected chi connectivity index (χ3v) is 5.59. The number of nitrogens with one attached hydrogen (secondary N) is 2. The summed E-state index contributed by atoms with van der Waals surface area (Å²) in [7, 11) is -2.40. The Hall–Kier alpha value is -2.71. The summed E-state index contributed by atoms with van der Waals surface area (Å²) in [6, 6.07) is 11.2. The zero-order chi connectivity index (χ0) is 20.9. The highest BCUT2D eigenvalue weighted by Gasteiger charge is 2.17. The van der Waals surface area contributed by atoms with Gasteiger partial charge in [-0.15, -0.1) is 0 Å². The summed E-state index contributed by atoms with van der Waals surface area (Å²) in [5.74, 6) is -1.03. The second-order valence-corrected chi connectivity index (χ2v) is 8.44. The Kier molecular flexibility index (Phi) is 6.93. The van der Waals surface area contributed by atoms with Crippen LogP contribution in [0.2, 0.25) is 0 Å². The van der Waals surface area contributed by atoms with E-state index in [0.29, 0.717) is 5.69 Å². The van der Waals surface area contributed by atoms with Crippen LogP contribution in [-0.4, -0.2) is 33.9 Å². The van der Waals surface area contributed by atoms with Crippen molar-refractivity contribution in [3.05, 3.63) is 59.2 Å². The molecule has 150 valence electrons. The van der Waals surface area contributed by atoms with Crippen molar-refractivity contribution in [2.45, 2.75) is 31.6 Å². The fourth-order valence-electron chi connectivity index (χ4n) is 2.64. The van der Waals surface area contributed by atoms with Gasteiger partial charge in [-0.1, -0.05) is 38.1 Å². The Bertz CT molecular complexity index is 984. The topological polar surface area (TPSA) is 102 Å². The largest absolute Gasteiger partial charge is 0.452 e. The average Bonchev–Trinajstić information content (AvgIpc) is 2.67. The van der Waals surface area contributed by atoms with Gasteiger partial charge >= 0.3 is 5.97 Å². The van der Waals surface area contributed by atoms with Crippen LogP contribution < -0.4 is 10.0 Å². The normalized spacial score (nSPS) is 11.3. The molecule has 2 aromatic carbocycles. The molecule has 0 aliphatic rings. The molecular weight excluding hydrogens is 380 g/mol. The minimum atomic E-state index is -3.68. The van der Waals surface area contributed by atoms with Crippen LogP contribution in [0.1, 0.15) is 41.3 Å². The van der Waals surface area contributed by atoms with Crippen LogP contribution in [0.25, 0.3) is 0 Å². The van der Waals surface area contributed by atoms with E-state index in [-0.39, 0.29) is 16.4 Å². The Morgan fingerprint density at radius 3 is 2.43 bits per heavy atom. The number of aryl methyl sites for hydroxylation is 1. The summed E-state index contributed by atoms with van der Waals surface area (Å²) >= 11 is 0. The molecule has 0 aliphatic heterocycles. The van der Waals surface area contributed by atoms with Crippen LogP contribution in [0.5, 0.6) is 0 Å². The lowest BCUT2D eigenvalue weighted by molar-refractivity contribution is -0.119. The van der Waals surface area contributed by atoms with Gasteiger partial charge < -0.3 is 10.1 Å². The Morgan fingerprint density at radius 1 is 1.11 bits per heavy atom. The fraction of sp³-hybridized carbons (Fsp3) is 0.300. The summed E-state index contributed by atoms with van der Waals surface area (Å²) in [4.78, 5) is 24.4. The number of amides is 1. The number of rotatable bonds is 7. The van der Waals surface area contributed by atoms with Gasteiger partial charge in [0.1, 0.15) is 0 Å². The van der Waals surface area contributed by atoms with E-state index in [1.807, 2.05) is 39.0 Å². The van der Waals surface area contributed by atoms with Gasteiger partial charge in [0, 0.05) is 5.69 Å². The van der Waals surface area contributed by atoms with E-state index in [1.165, 1.54) is 31.3 Å². The van der Waals surface area contributed by atoms with Crippen LogP contribution in [0.15, 0.2) is 47.4 Å². The first-order valence-corrected chi connectivity index (χ1v) is 10.2. The maximum absolute atomic E-state index is 12.3. The van der Waals surface area contributed by atoms with Gasteiger partial charge in [-0.05, 0) is 49.2 Å². The molecule has 2 rings (SSSR count). The number of carbonyl (C=O) groups excluding carboxylic acids is 2. The van der Waals surface area contributed by atoms with Gasteiger partial charge in [0.25, 0.3) is 5.91 Å². The molecule has 0 heterocycles. The SMILES string of the molecule is CNS(=O)(=O)c1cccc(C(=O)OCC(=O)Nc2c(C)cccc2C(C)C)c1. The number of hydrogen-bond acceptors (Lipinski definition) is 5. The van der Waals surface area contributed by atoms with Gasteiger partial charge in [-0.2, -0.15) is 0 Å². The van der Waals surface area contributed by atoms with E-state index < -0.39 is 28.5 Å². The third-order valence-electron chi connectivity index (χ3n) is 4.17. The van der Waals surface area contributed by atoms with Crippen LogP contribution >= 0.6 is 0 Å². The summed E-state index contributed by atoms with van der Waals surface area (Å²) in [6.45, 7) is 5.46. The lowest BCUT2D eigenvalue weighted by Gasteiger charge is -2.16. The predicted octanol–water partition coefficient (Wildman–Crippen LogP) is 2.82. The van der Waals surface area contributed by atoms with E-state index in [2.05, 4.69) is 10.0 Å². The monoisotopic (exact) mass is 404 g/mol. The lowest BCUT2D eigenvalue weighted by Crippen LogP contribution is -2.22. The average molecular weight is 404 g/mol. The summed E-state index contributed by atoms with van der Waals surface area (Å²) in [6.07, 6.45) is 0. The van der Waals surface area contributed by atoms with Crippen molar-refractivity contribution in [2.75, 3.05) is 19.0 Å². The number of ether oxygens (including phenoxy) is 1. The number of esters is 1. The van der Waals surface area contributed by atoms with Crippen molar-refractivity contribution in [3.8, 4) is 0 Å². The van der Waals surface area contributed by atoms with Crippen molar-refractivity contribution in [1.82, 2.24) is 4.72 Å². The molecule has 0 saturated heterocycles. The summed E-state index contributed by atoms with van der Waals surface area (Å²) in [5, 5.41) is 2.79. The van der Waals surface area contributed by atoms with Crippen molar-refractivity contribution in [2.24, 2.45) is 0 Å². The van der Waals surface area contributed by atoms with E-state index in [9.17, 15) is 18.0 Å². The first-order chi connectivity index (χ1) is 13.2. The highest BCUT2D eigenvalue weighted by molar-refractivity contribution is 7.89. The molecule has 0 saturated carbocycles. The molecule has 0 fully saturated rings. The van der Waals surface area contributed by atoms with Gasteiger partial charge in [0.2, 0.25) is 10.0 Å². The second-order valence-electron chi connectivity index (χ2n) is 6.55. The smallest absolute Gasteiger partial charge is 0.338 e. The molecule has 0 bridgehead atoms. The van der Waals surface area contributed by atoms with Crippen molar-refractivity contribution >= 4 is 27.6 Å². The zero-order valence-electron chi connectivity index (χ0n) is 16.3. The number of anilines is 1. The van der Waals surface area contributed by atoms with Crippen LogP contribution in [0, 0.1) is 6.92 Å². The Morgan fingerprint density at radius 2 is 1.79 bits per heavy atom. The maximum Gasteiger partial charge on any atom is 0.338 e. The first kappa shape index (κ1) is 21.6.